The topological polar surface area (TPSA) is 58.4 Å². The van der Waals surface area contributed by atoms with Crippen LogP contribution < -0.4 is 0 Å². The average Bonchev–Trinajstić information content (AvgIpc) is 3.20. The fourth-order valence-electron chi connectivity index (χ4n) is 6.09. The third-order valence-electron chi connectivity index (χ3n) is 7.59. The Morgan fingerprint density at radius 3 is 2.56 bits per heavy atom. The van der Waals surface area contributed by atoms with E-state index in [1.54, 1.807) is 4.90 Å². The van der Waals surface area contributed by atoms with Crippen LogP contribution in [0.25, 0.3) is 0 Å². The Hall–Kier alpha value is -2.35. The van der Waals surface area contributed by atoms with Crippen LogP contribution in [0.3, 0.4) is 0 Å². The minimum Gasteiger partial charge on any atom is -0.385 e. The number of carbonyl (C=O) groups excluding carboxylic acids is 1. The van der Waals surface area contributed by atoms with Gasteiger partial charge in [-0.3, -0.25) is 4.79 Å². The van der Waals surface area contributed by atoms with Crippen molar-refractivity contribution in [3.05, 3.63) is 53.1 Å². The molecule has 3 atom stereocenters. The van der Waals surface area contributed by atoms with Gasteiger partial charge in [0.25, 0.3) is 5.91 Å². The predicted octanol–water partition coefficient (Wildman–Crippen LogP) is 4.53. The van der Waals surface area contributed by atoms with Crippen LogP contribution in [0.2, 0.25) is 0 Å². The molecule has 0 radical (unpaired) electrons. The van der Waals surface area contributed by atoms with Gasteiger partial charge in [0.15, 0.2) is 0 Å². The number of amides is 1. The minimum absolute atomic E-state index is 0.0495. The lowest BCUT2D eigenvalue weighted by Crippen LogP contribution is -2.59. The van der Waals surface area contributed by atoms with Gasteiger partial charge < -0.3 is 14.6 Å². The molecule has 8 heteroatoms. The highest BCUT2D eigenvalue weighted by molar-refractivity contribution is 5.94. The second kappa shape index (κ2) is 7.90. The molecular weight excluding hydrogens is 419 g/mol. The molecule has 0 spiro atoms. The van der Waals surface area contributed by atoms with Crippen molar-refractivity contribution in [2.75, 3.05) is 6.54 Å². The SMILES string of the molecule is O=C(c1nc(C(F)(F)F)n2c1CCCC2)N1CCC(O)(c2ccccc2)[C@@H]2CCCC[C@@H]21. The highest BCUT2D eigenvalue weighted by atomic mass is 19.4. The molecule has 1 aromatic carbocycles. The Balaban J connectivity index is 1.50. The molecule has 5 nitrogen and oxygen atoms in total. The summed E-state index contributed by atoms with van der Waals surface area (Å²) in [4.78, 5) is 19.2. The fraction of sp³-hybridized carbons (Fsp3) is 0.583. The number of aromatic nitrogens is 2. The molecule has 0 bridgehead atoms. The van der Waals surface area contributed by atoms with Gasteiger partial charge in [0, 0.05) is 25.0 Å². The summed E-state index contributed by atoms with van der Waals surface area (Å²) >= 11 is 0. The lowest BCUT2D eigenvalue weighted by atomic mass is 9.66. The molecule has 3 aliphatic rings. The van der Waals surface area contributed by atoms with Crippen molar-refractivity contribution < 1.29 is 23.1 Å². The Kier molecular flexibility index (Phi) is 5.31. The maximum Gasteiger partial charge on any atom is 0.449 e. The molecule has 3 heterocycles. The number of benzene rings is 1. The smallest absolute Gasteiger partial charge is 0.385 e. The van der Waals surface area contributed by atoms with E-state index in [-0.39, 0.29) is 24.2 Å². The normalized spacial score (nSPS) is 28.2. The average molecular weight is 448 g/mol. The van der Waals surface area contributed by atoms with E-state index >= 15 is 0 Å². The minimum atomic E-state index is -4.59. The summed E-state index contributed by atoms with van der Waals surface area (Å²) in [6, 6.07) is 9.35. The Morgan fingerprint density at radius 1 is 1.06 bits per heavy atom. The van der Waals surface area contributed by atoms with Crippen LogP contribution in [-0.4, -0.2) is 38.1 Å². The van der Waals surface area contributed by atoms with Gasteiger partial charge in [-0.2, -0.15) is 13.2 Å². The van der Waals surface area contributed by atoms with Gasteiger partial charge in [0.05, 0.1) is 11.3 Å². The van der Waals surface area contributed by atoms with Gasteiger partial charge in [-0.05, 0) is 44.1 Å². The second-order valence-corrected chi connectivity index (χ2v) is 9.33. The van der Waals surface area contributed by atoms with E-state index in [1.165, 1.54) is 4.57 Å². The van der Waals surface area contributed by atoms with Gasteiger partial charge >= 0.3 is 6.18 Å². The molecule has 1 amide bonds. The number of imidazole rings is 1. The highest BCUT2D eigenvalue weighted by Crippen LogP contribution is 2.47. The zero-order chi connectivity index (χ0) is 22.5. The maximum atomic E-state index is 13.6. The molecule has 2 aromatic rings. The van der Waals surface area contributed by atoms with Gasteiger partial charge in [0.1, 0.15) is 5.69 Å². The standard InChI is InChI=1S/C24H28F3N3O2/c25-24(26,27)22-28-20(19-12-6-7-14-30(19)22)21(31)29-15-13-23(32,16-8-2-1-3-9-16)17-10-4-5-11-18(17)29/h1-3,8-9,17-18,32H,4-7,10-15H2/t17-,18+,23?/m1/s1. The zero-order valence-electron chi connectivity index (χ0n) is 17.9. The van der Waals surface area contributed by atoms with Crippen LogP contribution in [0.1, 0.15) is 72.5 Å². The summed E-state index contributed by atoms with van der Waals surface area (Å²) in [6.07, 6.45) is 1.05. The summed E-state index contributed by atoms with van der Waals surface area (Å²) in [5, 5.41) is 11.7. The number of carbonyl (C=O) groups is 1. The van der Waals surface area contributed by atoms with Crippen LogP contribution in [0.15, 0.2) is 30.3 Å². The summed E-state index contributed by atoms with van der Waals surface area (Å²) in [5.41, 5.74) is 0.174. The molecule has 5 rings (SSSR count). The number of halogens is 3. The first-order valence-corrected chi connectivity index (χ1v) is 11.6. The number of likely N-dealkylation sites (tertiary alicyclic amines) is 1. The molecule has 32 heavy (non-hydrogen) atoms. The van der Waals surface area contributed by atoms with E-state index < -0.39 is 23.5 Å². The molecule has 2 aliphatic heterocycles. The molecule has 1 unspecified atom stereocenters. The number of nitrogens with zero attached hydrogens (tertiary/aromatic N) is 3. The number of hydrogen-bond donors (Lipinski definition) is 1. The summed E-state index contributed by atoms with van der Waals surface area (Å²) in [6.45, 7) is 0.545. The molecular formula is C24H28F3N3O2. The van der Waals surface area contributed by atoms with Crippen molar-refractivity contribution in [1.82, 2.24) is 14.5 Å². The largest absolute Gasteiger partial charge is 0.449 e. The van der Waals surface area contributed by atoms with E-state index in [0.29, 0.717) is 31.5 Å². The maximum absolute atomic E-state index is 13.6. The van der Waals surface area contributed by atoms with E-state index in [0.717, 1.165) is 37.7 Å². The number of fused-ring (bicyclic) bond motifs is 2. The molecule has 1 aromatic heterocycles. The van der Waals surface area contributed by atoms with Gasteiger partial charge in [-0.25, -0.2) is 4.98 Å². The molecule has 1 saturated carbocycles. The molecule has 1 aliphatic carbocycles. The van der Waals surface area contributed by atoms with Gasteiger partial charge in [0.2, 0.25) is 5.82 Å². The van der Waals surface area contributed by atoms with Crippen molar-refractivity contribution in [2.24, 2.45) is 5.92 Å². The third-order valence-corrected chi connectivity index (χ3v) is 7.59. The Bertz CT molecular complexity index is 1000. The Labute approximate surface area is 185 Å². The fourth-order valence-corrected chi connectivity index (χ4v) is 6.09. The summed E-state index contributed by atoms with van der Waals surface area (Å²) in [5.74, 6) is -1.52. The van der Waals surface area contributed by atoms with E-state index in [2.05, 4.69) is 4.98 Å². The first kappa shape index (κ1) is 21.5. The lowest BCUT2D eigenvalue weighted by Gasteiger charge is -2.52. The van der Waals surface area contributed by atoms with E-state index in [1.807, 2.05) is 30.3 Å². The van der Waals surface area contributed by atoms with Gasteiger partial charge in [-0.1, -0.05) is 43.2 Å². The monoisotopic (exact) mass is 447 g/mol. The summed E-state index contributed by atoms with van der Waals surface area (Å²) < 4.78 is 42.0. The predicted molar refractivity (Wildman–Crippen MR) is 112 cm³/mol. The number of alkyl halides is 3. The first-order chi connectivity index (χ1) is 15.3. The van der Waals surface area contributed by atoms with Crippen molar-refractivity contribution >= 4 is 5.91 Å². The molecule has 2 fully saturated rings. The third kappa shape index (κ3) is 3.43. The van der Waals surface area contributed by atoms with Crippen molar-refractivity contribution in [3.63, 3.8) is 0 Å². The first-order valence-electron chi connectivity index (χ1n) is 11.6. The van der Waals surface area contributed by atoms with Crippen LogP contribution in [0, 0.1) is 5.92 Å². The van der Waals surface area contributed by atoms with Crippen molar-refractivity contribution in [2.45, 2.75) is 75.7 Å². The van der Waals surface area contributed by atoms with Crippen LogP contribution in [0.4, 0.5) is 13.2 Å². The van der Waals surface area contributed by atoms with Crippen molar-refractivity contribution in [3.8, 4) is 0 Å². The highest BCUT2D eigenvalue weighted by Gasteiger charge is 2.51. The van der Waals surface area contributed by atoms with Crippen molar-refractivity contribution in [1.29, 1.82) is 0 Å². The zero-order valence-corrected chi connectivity index (χ0v) is 17.9. The molecule has 172 valence electrons. The second-order valence-electron chi connectivity index (χ2n) is 9.33. The quantitative estimate of drug-likeness (QED) is 0.736. The number of hydrogen-bond acceptors (Lipinski definition) is 3. The summed E-state index contributed by atoms with van der Waals surface area (Å²) in [7, 11) is 0. The number of rotatable bonds is 2. The van der Waals surface area contributed by atoms with Crippen LogP contribution in [-0.2, 0) is 24.7 Å². The van der Waals surface area contributed by atoms with Crippen LogP contribution >= 0.6 is 0 Å². The number of piperidine rings is 1. The van der Waals surface area contributed by atoms with Gasteiger partial charge in [-0.15, -0.1) is 0 Å². The van der Waals surface area contributed by atoms with E-state index in [9.17, 15) is 23.1 Å². The number of aliphatic hydroxyl groups is 1. The van der Waals surface area contributed by atoms with Crippen LogP contribution in [0.5, 0.6) is 0 Å². The lowest BCUT2D eigenvalue weighted by molar-refractivity contribution is -0.147. The van der Waals surface area contributed by atoms with E-state index in [4.69, 9.17) is 0 Å². The molecule has 1 N–H and O–H groups in total. The Morgan fingerprint density at radius 2 is 1.81 bits per heavy atom. The molecule has 1 saturated heterocycles.